The standard InChI is InChI=1S/C15H15ClN2S/c1-9-3-5-12(7-10(9)2)19-14-8-11(16)4-6-13(14)15(17)18/h3-8H,1-2H3,(H3,17,18). The van der Waals surface area contributed by atoms with Crippen molar-refractivity contribution in [1.29, 1.82) is 5.41 Å². The van der Waals surface area contributed by atoms with Gasteiger partial charge in [-0.15, -0.1) is 0 Å². The van der Waals surface area contributed by atoms with E-state index < -0.39 is 0 Å². The van der Waals surface area contributed by atoms with E-state index in [-0.39, 0.29) is 5.84 Å². The van der Waals surface area contributed by atoms with Gasteiger partial charge in [0.2, 0.25) is 0 Å². The van der Waals surface area contributed by atoms with Crippen molar-refractivity contribution in [3.63, 3.8) is 0 Å². The minimum atomic E-state index is 0.0583. The number of halogens is 1. The first kappa shape index (κ1) is 14.0. The van der Waals surface area contributed by atoms with Crippen molar-refractivity contribution in [2.75, 3.05) is 0 Å². The van der Waals surface area contributed by atoms with Crippen molar-refractivity contribution in [3.8, 4) is 0 Å². The molecule has 0 saturated heterocycles. The van der Waals surface area contributed by atoms with Gasteiger partial charge < -0.3 is 5.73 Å². The highest BCUT2D eigenvalue weighted by atomic mass is 35.5. The third-order valence-electron chi connectivity index (χ3n) is 2.94. The zero-order valence-electron chi connectivity index (χ0n) is 10.8. The lowest BCUT2D eigenvalue weighted by Crippen LogP contribution is -2.12. The van der Waals surface area contributed by atoms with Gasteiger partial charge in [-0.3, -0.25) is 5.41 Å². The normalized spacial score (nSPS) is 10.5. The third-order valence-corrected chi connectivity index (χ3v) is 4.22. The summed E-state index contributed by atoms with van der Waals surface area (Å²) in [5, 5.41) is 8.26. The van der Waals surface area contributed by atoms with E-state index in [4.69, 9.17) is 22.7 Å². The van der Waals surface area contributed by atoms with Gasteiger partial charge in [-0.05, 0) is 55.3 Å². The Kier molecular flexibility index (Phi) is 4.17. The number of rotatable bonds is 3. The van der Waals surface area contributed by atoms with E-state index in [1.165, 1.54) is 11.1 Å². The van der Waals surface area contributed by atoms with E-state index in [1.54, 1.807) is 23.9 Å². The molecule has 2 nitrogen and oxygen atoms in total. The van der Waals surface area contributed by atoms with Gasteiger partial charge in [0, 0.05) is 20.4 Å². The second-order valence-electron chi connectivity index (χ2n) is 4.40. The Morgan fingerprint density at radius 3 is 2.47 bits per heavy atom. The predicted octanol–water partition coefficient (Wildman–Crippen LogP) is 4.39. The highest BCUT2D eigenvalue weighted by molar-refractivity contribution is 7.99. The van der Waals surface area contributed by atoms with E-state index in [9.17, 15) is 0 Å². The molecule has 0 aliphatic rings. The molecule has 2 aromatic carbocycles. The Labute approximate surface area is 122 Å². The van der Waals surface area contributed by atoms with Crippen LogP contribution in [0.2, 0.25) is 5.02 Å². The number of nitrogens with one attached hydrogen (secondary N) is 1. The fourth-order valence-electron chi connectivity index (χ4n) is 1.71. The monoisotopic (exact) mass is 290 g/mol. The molecule has 2 rings (SSSR count). The van der Waals surface area contributed by atoms with Gasteiger partial charge in [0.25, 0.3) is 0 Å². The molecule has 0 atom stereocenters. The predicted molar refractivity (Wildman–Crippen MR) is 82.5 cm³/mol. The van der Waals surface area contributed by atoms with Crippen LogP contribution in [0.15, 0.2) is 46.2 Å². The molecule has 3 N–H and O–H groups in total. The smallest absolute Gasteiger partial charge is 0.123 e. The molecule has 0 aliphatic heterocycles. The Balaban J connectivity index is 2.39. The Bertz CT molecular complexity index is 638. The van der Waals surface area contributed by atoms with Crippen LogP contribution in [0.25, 0.3) is 0 Å². The van der Waals surface area contributed by atoms with Crippen LogP contribution >= 0.6 is 23.4 Å². The topological polar surface area (TPSA) is 49.9 Å². The molecule has 0 aromatic heterocycles. The van der Waals surface area contributed by atoms with Crippen molar-refractivity contribution in [2.45, 2.75) is 23.6 Å². The molecule has 0 saturated carbocycles. The number of amidine groups is 1. The summed E-state index contributed by atoms with van der Waals surface area (Å²) in [7, 11) is 0. The van der Waals surface area contributed by atoms with Gasteiger partial charge in [0.05, 0.1) is 0 Å². The van der Waals surface area contributed by atoms with Gasteiger partial charge in [-0.1, -0.05) is 29.4 Å². The maximum absolute atomic E-state index is 7.61. The Morgan fingerprint density at radius 2 is 1.84 bits per heavy atom. The van der Waals surface area contributed by atoms with Crippen LogP contribution in [0.1, 0.15) is 16.7 Å². The van der Waals surface area contributed by atoms with E-state index in [0.29, 0.717) is 10.6 Å². The number of aryl methyl sites for hydroxylation is 2. The molecular weight excluding hydrogens is 276 g/mol. The minimum Gasteiger partial charge on any atom is -0.384 e. The molecule has 0 heterocycles. The average Bonchev–Trinajstić information content (AvgIpc) is 2.33. The second kappa shape index (κ2) is 5.68. The van der Waals surface area contributed by atoms with E-state index >= 15 is 0 Å². The minimum absolute atomic E-state index is 0.0583. The van der Waals surface area contributed by atoms with Crippen LogP contribution in [-0.2, 0) is 0 Å². The highest BCUT2D eigenvalue weighted by Crippen LogP contribution is 2.33. The Hall–Kier alpha value is -1.45. The quantitative estimate of drug-likeness (QED) is 0.650. The fourth-order valence-corrected chi connectivity index (χ4v) is 3.04. The molecule has 0 radical (unpaired) electrons. The lowest BCUT2D eigenvalue weighted by molar-refractivity contribution is 1.27. The number of hydrogen-bond donors (Lipinski definition) is 2. The lowest BCUT2D eigenvalue weighted by atomic mass is 10.1. The van der Waals surface area contributed by atoms with Crippen molar-refractivity contribution in [2.24, 2.45) is 5.73 Å². The molecule has 0 spiro atoms. The summed E-state index contributed by atoms with van der Waals surface area (Å²) in [6.45, 7) is 4.17. The van der Waals surface area contributed by atoms with Gasteiger partial charge >= 0.3 is 0 Å². The average molecular weight is 291 g/mol. The fraction of sp³-hybridized carbons (Fsp3) is 0.133. The molecule has 0 aliphatic carbocycles. The van der Waals surface area contributed by atoms with E-state index in [1.807, 2.05) is 6.07 Å². The molecule has 0 fully saturated rings. The zero-order chi connectivity index (χ0) is 14.0. The molecule has 19 heavy (non-hydrogen) atoms. The van der Waals surface area contributed by atoms with Gasteiger partial charge in [0.15, 0.2) is 0 Å². The van der Waals surface area contributed by atoms with Gasteiger partial charge in [-0.25, -0.2) is 0 Å². The Morgan fingerprint density at radius 1 is 1.11 bits per heavy atom. The number of nitrogens with two attached hydrogens (primary N) is 1. The number of hydrogen-bond acceptors (Lipinski definition) is 2. The zero-order valence-corrected chi connectivity index (χ0v) is 12.4. The first-order valence-electron chi connectivity index (χ1n) is 5.86. The van der Waals surface area contributed by atoms with Gasteiger partial charge in [-0.2, -0.15) is 0 Å². The summed E-state index contributed by atoms with van der Waals surface area (Å²) >= 11 is 7.59. The first-order valence-corrected chi connectivity index (χ1v) is 7.06. The number of nitrogen functional groups attached to an aromatic ring is 1. The van der Waals surface area contributed by atoms with Crippen LogP contribution in [0, 0.1) is 19.3 Å². The van der Waals surface area contributed by atoms with E-state index in [2.05, 4.69) is 32.0 Å². The first-order chi connectivity index (χ1) is 8.97. The lowest BCUT2D eigenvalue weighted by Gasteiger charge is -2.09. The largest absolute Gasteiger partial charge is 0.384 e. The summed E-state index contributed by atoms with van der Waals surface area (Å²) < 4.78 is 0. The molecule has 98 valence electrons. The molecule has 2 aromatic rings. The van der Waals surface area contributed by atoms with Crippen molar-refractivity contribution >= 4 is 29.2 Å². The van der Waals surface area contributed by atoms with Crippen molar-refractivity contribution in [3.05, 3.63) is 58.1 Å². The third kappa shape index (κ3) is 3.31. The van der Waals surface area contributed by atoms with Crippen LogP contribution in [-0.4, -0.2) is 5.84 Å². The molecular formula is C15H15ClN2S. The molecule has 0 amide bonds. The molecule has 0 bridgehead atoms. The maximum Gasteiger partial charge on any atom is 0.123 e. The van der Waals surface area contributed by atoms with Crippen LogP contribution in [0.5, 0.6) is 0 Å². The number of benzene rings is 2. The molecule has 0 unspecified atom stereocenters. The van der Waals surface area contributed by atoms with Crippen molar-refractivity contribution < 1.29 is 0 Å². The summed E-state index contributed by atoms with van der Waals surface area (Å²) in [6.07, 6.45) is 0. The summed E-state index contributed by atoms with van der Waals surface area (Å²) in [5.74, 6) is 0.0583. The van der Waals surface area contributed by atoms with Crippen LogP contribution in [0.3, 0.4) is 0 Å². The maximum atomic E-state index is 7.61. The summed E-state index contributed by atoms with van der Waals surface area (Å²) in [5.41, 5.74) is 8.83. The highest BCUT2D eigenvalue weighted by Gasteiger charge is 2.08. The summed E-state index contributed by atoms with van der Waals surface area (Å²) in [6, 6.07) is 11.7. The molecule has 4 heteroatoms. The SMILES string of the molecule is Cc1ccc(Sc2cc(Cl)ccc2C(=N)N)cc1C. The second-order valence-corrected chi connectivity index (χ2v) is 5.95. The van der Waals surface area contributed by atoms with Crippen molar-refractivity contribution in [1.82, 2.24) is 0 Å². The van der Waals surface area contributed by atoms with Gasteiger partial charge in [0.1, 0.15) is 5.84 Å². The van der Waals surface area contributed by atoms with Crippen LogP contribution in [0.4, 0.5) is 0 Å². The van der Waals surface area contributed by atoms with E-state index in [0.717, 1.165) is 9.79 Å². The summed E-state index contributed by atoms with van der Waals surface area (Å²) in [4.78, 5) is 2.02. The van der Waals surface area contributed by atoms with Crippen LogP contribution < -0.4 is 5.73 Å².